The minimum atomic E-state index is 0.248. The number of hydrogen-bond acceptors (Lipinski definition) is 5. The molecule has 1 aromatic heterocycles. The van der Waals surface area contributed by atoms with Crippen LogP contribution in [0.3, 0.4) is 0 Å². The first-order valence-electron chi connectivity index (χ1n) is 6.55. The Morgan fingerprint density at radius 1 is 1.45 bits per heavy atom. The molecule has 108 valence electrons. The minimum absolute atomic E-state index is 0.248. The van der Waals surface area contributed by atoms with Crippen LogP contribution in [0.1, 0.15) is 31.9 Å². The normalized spacial score (nSPS) is 12.6. The number of nitrogens with one attached hydrogen (secondary N) is 1. The van der Waals surface area contributed by atoms with E-state index in [0.717, 1.165) is 33.6 Å². The third-order valence-corrected chi connectivity index (χ3v) is 4.27. The van der Waals surface area contributed by atoms with E-state index in [4.69, 9.17) is 11.6 Å². The number of rotatable bonds is 6. The average Bonchev–Trinajstić information content (AvgIpc) is 2.82. The van der Waals surface area contributed by atoms with Gasteiger partial charge in [-0.15, -0.1) is 5.10 Å². The molecule has 0 spiro atoms. The molecule has 0 saturated heterocycles. The van der Waals surface area contributed by atoms with Crippen molar-refractivity contribution in [3.8, 4) is 0 Å². The molecule has 1 atom stereocenters. The van der Waals surface area contributed by atoms with Crippen molar-refractivity contribution in [2.45, 2.75) is 36.4 Å². The standard InChI is InChI=1S/C13H18ClN5S/c1-4-7-15-9(2)11-6-5-10(8-12(11)14)20-13-16-17-18-19(13)3/h5-6,8-9,15H,4,7H2,1-3H3. The second-order valence-electron chi connectivity index (χ2n) is 4.55. The second-order valence-corrected chi connectivity index (χ2v) is 5.99. The molecule has 0 amide bonds. The maximum Gasteiger partial charge on any atom is 0.213 e. The summed E-state index contributed by atoms with van der Waals surface area (Å²) >= 11 is 7.87. The third-order valence-electron chi connectivity index (χ3n) is 2.93. The highest BCUT2D eigenvalue weighted by atomic mass is 35.5. The first-order chi connectivity index (χ1) is 9.61. The van der Waals surface area contributed by atoms with Crippen molar-refractivity contribution in [2.24, 2.45) is 7.05 Å². The third kappa shape index (κ3) is 3.71. The molecule has 2 rings (SSSR count). The Morgan fingerprint density at radius 3 is 2.85 bits per heavy atom. The molecule has 7 heteroatoms. The molecule has 1 heterocycles. The number of tetrazole rings is 1. The molecule has 0 aliphatic carbocycles. The molecule has 20 heavy (non-hydrogen) atoms. The predicted octanol–water partition coefficient (Wildman–Crippen LogP) is 3.08. The van der Waals surface area contributed by atoms with Crippen LogP contribution in [0.25, 0.3) is 0 Å². The van der Waals surface area contributed by atoms with Gasteiger partial charge in [-0.3, -0.25) is 0 Å². The molecule has 0 fully saturated rings. The smallest absolute Gasteiger partial charge is 0.213 e. The Labute approximate surface area is 128 Å². The van der Waals surface area contributed by atoms with Crippen LogP contribution in [0.5, 0.6) is 0 Å². The van der Waals surface area contributed by atoms with Crippen LogP contribution in [-0.4, -0.2) is 26.8 Å². The van der Waals surface area contributed by atoms with E-state index in [-0.39, 0.29) is 6.04 Å². The van der Waals surface area contributed by atoms with Gasteiger partial charge in [-0.25, -0.2) is 4.68 Å². The Bertz CT molecular complexity index is 572. The van der Waals surface area contributed by atoms with E-state index in [1.807, 2.05) is 19.2 Å². The van der Waals surface area contributed by atoms with Crippen molar-refractivity contribution in [3.05, 3.63) is 28.8 Å². The van der Waals surface area contributed by atoms with E-state index in [1.54, 1.807) is 4.68 Å². The van der Waals surface area contributed by atoms with Gasteiger partial charge in [0, 0.05) is 23.0 Å². The molecule has 1 unspecified atom stereocenters. The van der Waals surface area contributed by atoms with Gasteiger partial charge in [0.15, 0.2) is 0 Å². The van der Waals surface area contributed by atoms with Gasteiger partial charge < -0.3 is 5.32 Å². The fourth-order valence-corrected chi connectivity index (χ4v) is 2.98. The molecule has 0 bridgehead atoms. The number of aryl methyl sites for hydroxylation is 1. The highest BCUT2D eigenvalue weighted by molar-refractivity contribution is 7.99. The molecule has 0 aliphatic rings. The van der Waals surface area contributed by atoms with Crippen molar-refractivity contribution in [1.29, 1.82) is 0 Å². The molecule has 1 N–H and O–H groups in total. The van der Waals surface area contributed by atoms with Crippen molar-refractivity contribution in [3.63, 3.8) is 0 Å². The van der Waals surface area contributed by atoms with E-state index in [0.29, 0.717) is 0 Å². The summed E-state index contributed by atoms with van der Waals surface area (Å²) in [6, 6.07) is 6.31. The molecule has 5 nitrogen and oxygen atoms in total. The summed E-state index contributed by atoms with van der Waals surface area (Å²) in [7, 11) is 1.81. The van der Waals surface area contributed by atoms with Gasteiger partial charge in [0.05, 0.1) is 0 Å². The quantitative estimate of drug-likeness (QED) is 0.888. The van der Waals surface area contributed by atoms with Crippen LogP contribution in [0.15, 0.2) is 28.3 Å². The molecule has 0 saturated carbocycles. The van der Waals surface area contributed by atoms with E-state index in [9.17, 15) is 0 Å². The summed E-state index contributed by atoms with van der Waals surface area (Å²) in [4.78, 5) is 1.03. The first-order valence-corrected chi connectivity index (χ1v) is 7.74. The zero-order valence-corrected chi connectivity index (χ0v) is 13.4. The SMILES string of the molecule is CCCNC(C)c1ccc(Sc2nnnn2C)cc1Cl. The fraction of sp³-hybridized carbons (Fsp3) is 0.462. The molecular weight excluding hydrogens is 294 g/mol. The lowest BCUT2D eigenvalue weighted by Crippen LogP contribution is -2.19. The second kappa shape index (κ2) is 7.06. The van der Waals surface area contributed by atoms with Gasteiger partial charge in [-0.05, 0) is 59.8 Å². The first kappa shape index (κ1) is 15.3. The Morgan fingerprint density at radius 2 is 2.25 bits per heavy atom. The van der Waals surface area contributed by atoms with Crippen molar-refractivity contribution in [2.75, 3.05) is 6.54 Å². The Hall–Kier alpha value is -1.11. The molecule has 0 aliphatic heterocycles. The number of nitrogens with zero attached hydrogens (tertiary/aromatic N) is 4. The van der Waals surface area contributed by atoms with Crippen LogP contribution in [0.4, 0.5) is 0 Å². The summed E-state index contributed by atoms with van der Waals surface area (Å²) in [6.07, 6.45) is 1.11. The number of aromatic nitrogens is 4. The number of halogens is 1. The van der Waals surface area contributed by atoms with Gasteiger partial charge in [0.1, 0.15) is 0 Å². The maximum absolute atomic E-state index is 6.37. The van der Waals surface area contributed by atoms with Gasteiger partial charge in [-0.1, -0.05) is 24.6 Å². The molecule has 0 radical (unpaired) electrons. The van der Waals surface area contributed by atoms with Crippen molar-refractivity contribution in [1.82, 2.24) is 25.5 Å². The lowest BCUT2D eigenvalue weighted by atomic mass is 10.1. The van der Waals surface area contributed by atoms with E-state index in [2.05, 4.69) is 40.8 Å². The highest BCUT2D eigenvalue weighted by Gasteiger charge is 2.11. The zero-order chi connectivity index (χ0) is 14.5. The highest BCUT2D eigenvalue weighted by Crippen LogP contribution is 2.31. The summed E-state index contributed by atoms with van der Waals surface area (Å²) in [5.74, 6) is 0. The lowest BCUT2D eigenvalue weighted by Gasteiger charge is -2.15. The summed E-state index contributed by atoms with van der Waals surface area (Å²) in [5.41, 5.74) is 1.11. The summed E-state index contributed by atoms with van der Waals surface area (Å²) in [6.45, 7) is 5.25. The van der Waals surface area contributed by atoms with Crippen LogP contribution in [-0.2, 0) is 7.05 Å². The van der Waals surface area contributed by atoms with Gasteiger partial charge in [0.2, 0.25) is 5.16 Å². The topological polar surface area (TPSA) is 55.6 Å². The van der Waals surface area contributed by atoms with E-state index in [1.165, 1.54) is 11.8 Å². The van der Waals surface area contributed by atoms with Crippen LogP contribution in [0, 0.1) is 0 Å². The largest absolute Gasteiger partial charge is 0.310 e. The van der Waals surface area contributed by atoms with Crippen molar-refractivity contribution < 1.29 is 0 Å². The molecule has 2 aromatic rings. The van der Waals surface area contributed by atoms with Gasteiger partial charge in [0.25, 0.3) is 0 Å². The maximum atomic E-state index is 6.37. The van der Waals surface area contributed by atoms with Crippen LogP contribution < -0.4 is 5.32 Å². The predicted molar refractivity (Wildman–Crippen MR) is 81.1 cm³/mol. The number of hydrogen-bond donors (Lipinski definition) is 1. The number of benzene rings is 1. The Kier molecular flexibility index (Phi) is 5.39. The Balaban J connectivity index is 2.11. The molecule has 1 aromatic carbocycles. The van der Waals surface area contributed by atoms with E-state index >= 15 is 0 Å². The van der Waals surface area contributed by atoms with Gasteiger partial charge >= 0.3 is 0 Å². The monoisotopic (exact) mass is 311 g/mol. The summed E-state index contributed by atoms with van der Waals surface area (Å²) in [5, 5.41) is 16.3. The van der Waals surface area contributed by atoms with E-state index < -0.39 is 0 Å². The average molecular weight is 312 g/mol. The minimum Gasteiger partial charge on any atom is -0.310 e. The van der Waals surface area contributed by atoms with Gasteiger partial charge in [-0.2, -0.15) is 0 Å². The van der Waals surface area contributed by atoms with Crippen molar-refractivity contribution >= 4 is 23.4 Å². The lowest BCUT2D eigenvalue weighted by molar-refractivity contribution is 0.570. The summed E-state index contributed by atoms with van der Waals surface area (Å²) < 4.78 is 1.64. The molecular formula is C13H18ClN5S. The fourth-order valence-electron chi connectivity index (χ4n) is 1.81. The van der Waals surface area contributed by atoms with Crippen LogP contribution >= 0.6 is 23.4 Å². The zero-order valence-electron chi connectivity index (χ0n) is 11.8. The van der Waals surface area contributed by atoms with Crippen LogP contribution in [0.2, 0.25) is 5.02 Å².